The Morgan fingerprint density at radius 3 is 2.61 bits per heavy atom. The molecule has 2 aliphatic rings. The summed E-state index contributed by atoms with van der Waals surface area (Å²) in [7, 11) is 1.11. The summed E-state index contributed by atoms with van der Waals surface area (Å²) >= 11 is 2.06. The van der Waals surface area contributed by atoms with E-state index >= 15 is 0 Å². The summed E-state index contributed by atoms with van der Waals surface area (Å²) in [5.41, 5.74) is 1.60. The highest BCUT2D eigenvalue weighted by Crippen LogP contribution is 2.37. The summed E-state index contributed by atoms with van der Waals surface area (Å²) in [6.07, 6.45) is -5.20. The van der Waals surface area contributed by atoms with Crippen LogP contribution in [-0.4, -0.2) is 80.7 Å². The van der Waals surface area contributed by atoms with Crippen LogP contribution in [-0.2, 0) is 30.2 Å². The molecular weight excluding hydrogens is 615 g/mol. The maximum absolute atomic E-state index is 13.3. The summed E-state index contributed by atoms with van der Waals surface area (Å²) < 4.78 is 25.7. The Kier molecular flexibility index (Phi) is 8.98. The van der Waals surface area contributed by atoms with Crippen molar-refractivity contribution in [1.29, 1.82) is 0 Å². The molecule has 206 valence electrons. The third-order valence-electron chi connectivity index (χ3n) is 6.52. The predicted octanol–water partition coefficient (Wildman–Crippen LogP) is 2.69. The minimum atomic E-state index is -1.70. The second-order valence-electron chi connectivity index (χ2n) is 9.17. The fourth-order valence-corrected chi connectivity index (χ4v) is 5.03. The van der Waals surface area contributed by atoms with Gasteiger partial charge in [0.15, 0.2) is 5.78 Å². The number of alkyl halides is 1. The van der Waals surface area contributed by atoms with Crippen LogP contribution in [0.25, 0.3) is 11.0 Å². The van der Waals surface area contributed by atoms with E-state index in [4.69, 9.17) is 18.6 Å². The Morgan fingerprint density at radius 2 is 1.87 bits per heavy atom. The molecule has 0 saturated carbocycles. The maximum Gasteiger partial charge on any atom is 0.508 e. The zero-order valence-corrected chi connectivity index (χ0v) is 22.8. The largest absolute Gasteiger partial charge is 0.508 e. The van der Waals surface area contributed by atoms with Gasteiger partial charge in [-0.2, -0.15) is 0 Å². The Morgan fingerprint density at radius 1 is 1.11 bits per heavy atom. The molecule has 4 rings (SSSR count). The Hall–Kier alpha value is -2.65. The molecule has 2 aromatic rings. The molecule has 1 aliphatic heterocycles. The number of hydrogen-bond donors (Lipinski definition) is 4. The molecule has 3 unspecified atom stereocenters. The quantitative estimate of drug-likeness (QED) is 0.190. The Bertz CT molecular complexity index is 1230. The van der Waals surface area contributed by atoms with Gasteiger partial charge in [0.05, 0.1) is 22.9 Å². The number of halogens is 1. The summed E-state index contributed by atoms with van der Waals surface area (Å²) in [6.45, 7) is 1.33. The molecule has 0 amide bonds. The number of ketones is 1. The number of carbonyl (C=O) groups is 2. The number of aryl methyl sites for hydroxylation is 1. The fourth-order valence-electron chi connectivity index (χ4n) is 4.36. The van der Waals surface area contributed by atoms with Crippen molar-refractivity contribution in [2.75, 3.05) is 13.7 Å². The number of Topliss-reactive ketones (excluding diaryl/α,β-unsaturated/α-hetero) is 1. The van der Waals surface area contributed by atoms with Crippen molar-refractivity contribution in [3.05, 3.63) is 59.3 Å². The van der Waals surface area contributed by atoms with Gasteiger partial charge in [0.1, 0.15) is 48.1 Å². The lowest BCUT2D eigenvalue weighted by atomic mass is 9.90. The smallest absolute Gasteiger partial charge is 0.507 e. The summed E-state index contributed by atoms with van der Waals surface area (Å²) in [5.74, 6) is -0.799. The van der Waals surface area contributed by atoms with Gasteiger partial charge in [0.2, 0.25) is 6.29 Å². The number of furan rings is 1. The van der Waals surface area contributed by atoms with Crippen LogP contribution in [0.4, 0.5) is 4.79 Å². The Labute approximate surface area is 231 Å². The highest BCUT2D eigenvalue weighted by atomic mass is 127. The van der Waals surface area contributed by atoms with Crippen molar-refractivity contribution in [3.63, 3.8) is 0 Å². The first-order chi connectivity index (χ1) is 18.1. The first-order valence-corrected chi connectivity index (χ1v) is 13.2. The van der Waals surface area contributed by atoms with E-state index in [1.54, 1.807) is 12.3 Å². The van der Waals surface area contributed by atoms with E-state index in [1.165, 1.54) is 0 Å². The number of hydrogen-bond acceptors (Lipinski definition) is 11. The number of ether oxygens (including phenoxy) is 4. The third-order valence-corrected chi connectivity index (χ3v) is 8.22. The number of carbonyl (C=O) groups excluding carboxylic acids is 2. The van der Waals surface area contributed by atoms with Crippen molar-refractivity contribution >= 4 is 45.5 Å². The topological polar surface area (TPSA) is 165 Å². The van der Waals surface area contributed by atoms with Crippen molar-refractivity contribution in [2.24, 2.45) is 5.92 Å². The normalized spacial score (nSPS) is 29.6. The minimum Gasteiger partial charge on any atom is -0.507 e. The SMILES string of the molecule is COC(=O)OC[C@H]1OC(OC2=C(C(=O)CCc3ccc4occc4c3)C(O)=CC(C)C2I)[C@H](O)[C@@H](O)[C@@H]1O. The summed E-state index contributed by atoms with van der Waals surface area (Å²) in [4.78, 5) is 24.7. The van der Waals surface area contributed by atoms with E-state index in [9.17, 15) is 30.0 Å². The standard InChI is InChI=1S/C26H29IO11/c1-12-9-16(29)19(15(28)5-3-13-4-6-17-14(10-13)7-8-35-17)24(20(12)27)38-25-23(32)22(31)21(30)18(37-25)11-36-26(33)34-2/h4,6-10,12,18,20-23,25,29-32H,3,5,11H2,1-2H3/t12?,18-,20?,21-,22+,23-,25?/m1/s1. The number of rotatable bonds is 8. The van der Waals surface area contributed by atoms with Gasteiger partial charge in [0.25, 0.3) is 0 Å². The lowest BCUT2D eigenvalue weighted by Crippen LogP contribution is -2.59. The monoisotopic (exact) mass is 644 g/mol. The van der Waals surface area contributed by atoms with E-state index < -0.39 is 47.4 Å². The molecule has 4 N–H and O–H groups in total. The van der Waals surface area contributed by atoms with Gasteiger partial charge in [-0.25, -0.2) is 4.79 Å². The lowest BCUT2D eigenvalue weighted by Gasteiger charge is -2.41. The number of allylic oxidation sites excluding steroid dienone is 3. The average molecular weight is 644 g/mol. The van der Waals surface area contributed by atoms with Gasteiger partial charge in [0, 0.05) is 11.8 Å². The zero-order valence-electron chi connectivity index (χ0n) is 20.7. The van der Waals surface area contributed by atoms with Crippen LogP contribution in [0, 0.1) is 5.92 Å². The number of aliphatic hydroxyl groups excluding tert-OH is 4. The molecule has 1 fully saturated rings. The highest BCUT2D eigenvalue weighted by Gasteiger charge is 2.47. The minimum absolute atomic E-state index is 0.0503. The fraction of sp³-hybridized carbons (Fsp3) is 0.462. The summed E-state index contributed by atoms with van der Waals surface area (Å²) in [5, 5.41) is 42.9. The molecule has 0 bridgehead atoms. The summed E-state index contributed by atoms with van der Waals surface area (Å²) in [6, 6.07) is 7.44. The first-order valence-electron chi connectivity index (χ1n) is 12.0. The molecule has 0 radical (unpaired) electrons. The van der Waals surface area contributed by atoms with Gasteiger partial charge >= 0.3 is 6.16 Å². The second-order valence-corrected chi connectivity index (χ2v) is 10.5. The first kappa shape index (κ1) is 28.4. The van der Waals surface area contributed by atoms with Crippen molar-refractivity contribution < 1.29 is 53.4 Å². The van der Waals surface area contributed by atoms with Crippen LogP contribution in [0.2, 0.25) is 0 Å². The van der Waals surface area contributed by atoms with E-state index in [-0.39, 0.29) is 35.2 Å². The van der Waals surface area contributed by atoms with Gasteiger partial charge in [-0.3, -0.25) is 4.79 Å². The number of benzene rings is 1. The molecule has 0 spiro atoms. The molecule has 1 aromatic heterocycles. The molecule has 1 aromatic carbocycles. The third kappa shape index (κ3) is 5.99. The van der Waals surface area contributed by atoms with Gasteiger partial charge < -0.3 is 43.8 Å². The van der Waals surface area contributed by atoms with Crippen LogP contribution in [0.3, 0.4) is 0 Å². The van der Waals surface area contributed by atoms with Gasteiger partial charge in [-0.1, -0.05) is 35.6 Å². The van der Waals surface area contributed by atoms with E-state index in [2.05, 4.69) is 27.3 Å². The molecule has 38 heavy (non-hydrogen) atoms. The van der Waals surface area contributed by atoms with Crippen LogP contribution in [0.1, 0.15) is 18.9 Å². The lowest BCUT2D eigenvalue weighted by molar-refractivity contribution is -0.292. The van der Waals surface area contributed by atoms with E-state index in [1.807, 2.05) is 31.2 Å². The maximum atomic E-state index is 13.3. The molecular formula is C26H29IO11. The molecule has 1 saturated heterocycles. The zero-order chi connectivity index (χ0) is 27.6. The van der Waals surface area contributed by atoms with Crippen molar-refractivity contribution in [3.8, 4) is 0 Å². The molecule has 1 aliphatic carbocycles. The number of methoxy groups -OCH3 is 1. The van der Waals surface area contributed by atoms with Crippen LogP contribution < -0.4 is 0 Å². The van der Waals surface area contributed by atoms with Gasteiger partial charge in [-0.05, 0) is 42.2 Å². The van der Waals surface area contributed by atoms with Gasteiger partial charge in [-0.15, -0.1) is 0 Å². The predicted molar refractivity (Wildman–Crippen MR) is 140 cm³/mol. The van der Waals surface area contributed by atoms with Crippen molar-refractivity contribution in [1.82, 2.24) is 0 Å². The molecule has 7 atom stereocenters. The molecule has 12 heteroatoms. The van der Waals surface area contributed by atoms with Crippen LogP contribution in [0.15, 0.2) is 58.1 Å². The second kappa shape index (κ2) is 12.0. The van der Waals surface area contributed by atoms with E-state index in [0.29, 0.717) is 6.42 Å². The van der Waals surface area contributed by atoms with Crippen LogP contribution >= 0.6 is 22.6 Å². The van der Waals surface area contributed by atoms with E-state index in [0.717, 1.165) is 23.6 Å². The number of aliphatic hydroxyl groups is 4. The Balaban J connectivity index is 1.55. The highest BCUT2D eigenvalue weighted by molar-refractivity contribution is 14.1. The molecule has 11 nitrogen and oxygen atoms in total. The molecule has 2 heterocycles. The van der Waals surface area contributed by atoms with Crippen molar-refractivity contribution in [2.45, 2.75) is 54.4 Å². The average Bonchev–Trinajstić information content (AvgIpc) is 3.37. The number of fused-ring (bicyclic) bond motifs is 1. The van der Waals surface area contributed by atoms with Crippen LogP contribution in [0.5, 0.6) is 0 Å².